The molecule has 0 spiro atoms. The topological polar surface area (TPSA) is 29.9 Å². The van der Waals surface area contributed by atoms with Crippen molar-refractivity contribution < 1.29 is 8.98 Å². The van der Waals surface area contributed by atoms with Crippen molar-refractivity contribution in [3.8, 4) is 11.3 Å². The summed E-state index contributed by atoms with van der Waals surface area (Å²) in [6.07, 6.45) is 3.52. The van der Waals surface area contributed by atoms with Crippen molar-refractivity contribution in [1.29, 1.82) is 0 Å². The highest BCUT2D eigenvalue weighted by Crippen LogP contribution is 2.29. The van der Waals surface area contributed by atoms with E-state index in [0.29, 0.717) is 0 Å². The van der Waals surface area contributed by atoms with Gasteiger partial charge >= 0.3 is 0 Å². The van der Waals surface area contributed by atoms with E-state index < -0.39 is 0 Å². The Labute approximate surface area is 112 Å². The van der Waals surface area contributed by atoms with Crippen molar-refractivity contribution in [3.63, 3.8) is 0 Å². The number of hydrogen-bond acceptors (Lipinski definition) is 2. The minimum atomic E-state index is 0.826. The van der Waals surface area contributed by atoms with Gasteiger partial charge in [-0.2, -0.15) is 4.57 Å². The molecular formula is C16H17N2O+. The van der Waals surface area contributed by atoms with Crippen molar-refractivity contribution in [3.05, 3.63) is 47.5 Å². The van der Waals surface area contributed by atoms with Gasteiger partial charge in [-0.15, -0.1) is 0 Å². The Kier molecular flexibility index (Phi) is 2.63. The summed E-state index contributed by atoms with van der Waals surface area (Å²) in [7, 11) is 2.04. The molecule has 0 radical (unpaired) electrons. The normalized spacial score (nSPS) is 11.2. The van der Waals surface area contributed by atoms with E-state index >= 15 is 0 Å². The van der Waals surface area contributed by atoms with Crippen LogP contribution in [0.5, 0.6) is 0 Å². The van der Waals surface area contributed by atoms with Crippen LogP contribution in [0.2, 0.25) is 0 Å². The number of rotatable bonds is 1. The quantitative estimate of drug-likeness (QED) is 0.623. The summed E-state index contributed by atoms with van der Waals surface area (Å²) in [5, 5.41) is 0. The number of aromatic nitrogens is 2. The lowest BCUT2D eigenvalue weighted by Gasteiger charge is -2.09. The summed E-state index contributed by atoms with van der Waals surface area (Å²) >= 11 is 0. The molecule has 2 heterocycles. The molecule has 0 aliphatic carbocycles. The van der Waals surface area contributed by atoms with Crippen LogP contribution in [0.15, 0.2) is 35.2 Å². The smallest absolute Gasteiger partial charge is 0.242 e. The van der Waals surface area contributed by atoms with Crippen molar-refractivity contribution in [2.45, 2.75) is 20.8 Å². The highest BCUT2D eigenvalue weighted by atomic mass is 16.3. The molecule has 3 nitrogen and oxygen atoms in total. The number of aryl methyl sites for hydroxylation is 3. The summed E-state index contributed by atoms with van der Waals surface area (Å²) in [4.78, 5) is 4.37. The van der Waals surface area contributed by atoms with Crippen molar-refractivity contribution in [2.75, 3.05) is 0 Å². The minimum Gasteiger partial charge on any atom is -0.443 e. The molecule has 0 saturated heterocycles. The summed E-state index contributed by atoms with van der Waals surface area (Å²) < 4.78 is 7.51. The minimum absolute atomic E-state index is 0.826. The first-order valence-electron chi connectivity index (χ1n) is 6.38. The Hall–Kier alpha value is -2.16. The summed E-state index contributed by atoms with van der Waals surface area (Å²) in [5.74, 6) is 0. The zero-order valence-electron chi connectivity index (χ0n) is 11.7. The average Bonchev–Trinajstić information content (AvgIpc) is 2.82. The fourth-order valence-corrected chi connectivity index (χ4v) is 2.58. The second kappa shape index (κ2) is 4.19. The molecule has 1 aromatic carbocycles. The van der Waals surface area contributed by atoms with Crippen LogP contribution in [0.3, 0.4) is 0 Å². The first-order valence-corrected chi connectivity index (χ1v) is 6.38. The first kappa shape index (κ1) is 11.9. The highest BCUT2D eigenvalue weighted by molar-refractivity contribution is 5.87. The molecule has 0 unspecified atom stereocenters. The van der Waals surface area contributed by atoms with Gasteiger partial charge in [-0.25, -0.2) is 4.98 Å². The molecule has 3 aromatic rings. The molecule has 0 saturated carbocycles. The molecule has 0 aliphatic heterocycles. The molecule has 0 bridgehead atoms. The molecular weight excluding hydrogens is 236 g/mol. The van der Waals surface area contributed by atoms with E-state index in [1.165, 1.54) is 28.6 Å². The van der Waals surface area contributed by atoms with Gasteiger partial charge < -0.3 is 4.42 Å². The fourth-order valence-electron chi connectivity index (χ4n) is 2.58. The fraction of sp³-hybridized carbons (Fsp3) is 0.250. The highest BCUT2D eigenvalue weighted by Gasteiger charge is 2.20. The Morgan fingerprint density at radius 2 is 1.95 bits per heavy atom. The molecule has 2 aromatic heterocycles. The zero-order valence-corrected chi connectivity index (χ0v) is 11.7. The summed E-state index contributed by atoms with van der Waals surface area (Å²) in [6, 6.07) is 6.37. The van der Waals surface area contributed by atoms with Crippen LogP contribution in [-0.2, 0) is 7.05 Å². The van der Waals surface area contributed by atoms with Gasteiger partial charge in [-0.1, -0.05) is 11.6 Å². The first-order chi connectivity index (χ1) is 9.08. The number of oxazole rings is 1. The van der Waals surface area contributed by atoms with E-state index in [1.54, 1.807) is 0 Å². The van der Waals surface area contributed by atoms with Crippen LogP contribution in [-0.4, -0.2) is 4.98 Å². The Morgan fingerprint density at radius 3 is 2.74 bits per heavy atom. The predicted molar refractivity (Wildman–Crippen MR) is 74.8 cm³/mol. The number of fused-ring (bicyclic) bond motifs is 1. The number of nitrogens with zero attached hydrogens (tertiary/aromatic N) is 2. The molecule has 0 fully saturated rings. The van der Waals surface area contributed by atoms with Gasteiger partial charge in [0.05, 0.1) is 5.56 Å². The maximum atomic E-state index is 5.41. The second-order valence-electron chi connectivity index (χ2n) is 5.09. The maximum Gasteiger partial charge on any atom is 0.242 e. The van der Waals surface area contributed by atoms with Crippen LogP contribution in [0.4, 0.5) is 0 Å². The SMILES string of the molecule is Cc1cc(C)c(C)c(-c2c3ncoc3cc[n+]2C)c1. The van der Waals surface area contributed by atoms with Crippen LogP contribution in [0, 0.1) is 20.8 Å². The van der Waals surface area contributed by atoms with E-state index in [-0.39, 0.29) is 0 Å². The second-order valence-corrected chi connectivity index (χ2v) is 5.09. The third kappa shape index (κ3) is 1.82. The van der Waals surface area contributed by atoms with Crippen LogP contribution < -0.4 is 4.57 Å². The lowest BCUT2D eigenvalue weighted by atomic mass is 9.97. The van der Waals surface area contributed by atoms with Gasteiger partial charge in [-0.3, -0.25) is 0 Å². The zero-order chi connectivity index (χ0) is 13.6. The average molecular weight is 253 g/mol. The van der Waals surface area contributed by atoms with Crippen LogP contribution in [0.25, 0.3) is 22.4 Å². The number of hydrogen-bond donors (Lipinski definition) is 0. The van der Waals surface area contributed by atoms with E-state index in [1.807, 2.05) is 19.3 Å². The van der Waals surface area contributed by atoms with E-state index in [2.05, 4.69) is 42.5 Å². The molecule has 0 N–H and O–H groups in total. The van der Waals surface area contributed by atoms with Gasteiger partial charge in [0.2, 0.25) is 5.69 Å². The predicted octanol–water partition coefficient (Wildman–Crippen LogP) is 3.24. The number of benzene rings is 1. The summed E-state index contributed by atoms with van der Waals surface area (Å²) in [5.41, 5.74) is 7.92. The molecule has 19 heavy (non-hydrogen) atoms. The Bertz CT molecular complexity index is 772. The van der Waals surface area contributed by atoms with E-state index in [9.17, 15) is 0 Å². The van der Waals surface area contributed by atoms with Crippen molar-refractivity contribution in [2.24, 2.45) is 7.05 Å². The molecule has 3 heteroatoms. The molecule has 0 amide bonds. The van der Waals surface area contributed by atoms with Crippen molar-refractivity contribution in [1.82, 2.24) is 4.98 Å². The molecule has 0 aliphatic rings. The van der Waals surface area contributed by atoms with Gasteiger partial charge in [0.1, 0.15) is 7.05 Å². The monoisotopic (exact) mass is 253 g/mol. The third-order valence-electron chi connectivity index (χ3n) is 3.69. The Balaban J connectivity index is 2.42. The molecule has 0 atom stereocenters. The number of pyridine rings is 1. The van der Waals surface area contributed by atoms with E-state index in [4.69, 9.17) is 4.42 Å². The molecule has 3 rings (SSSR count). The van der Waals surface area contributed by atoms with Crippen LogP contribution >= 0.6 is 0 Å². The van der Waals surface area contributed by atoms with E-state index in [0.717, 1.165) is 16.8 Å². The standard InChI is InChI=1S/C16H17N2O/c1-10-7-11(2)12(3)13(8-10)16-15-14(19-9-17-15)5-6-18(16)4/h5-9H,1-4H3/q+1. The maximum absolute atomic E-state index is 5.41. The lowest BCUT2D eigenvalue weighted by molar-refractivity contribution is -0.659. The van der Waals surface area contributed by atoms with Crippen LogP contribution in [0.1, 0.15) is 16.7 Å². The van der Waals surface area contributed by atoms with Gasteiger partial charge in [0.15, 0.2) is 23.7 Å². The van der Waals surface area contributed by atoms with Gasteiger partial charge in [0, 0.05) is 6.07 Å². The van der Waals surface area contributed by atoms with Gasteiger partial charge in [-0.05, 0) is 38.0 Å². The lowest BCUT2D eigenvalue weighted by Crippen LogP contribution is -2.30. The Morgan fingerprint density at radius 1 is 1.16 bits per heavy atom. The molecule has 96 valence electrons. The van der Waals surface area contributed by atoms with Crippen molar-refractivity contribution >= 4 is 11.1 Å². The third-order valence-corrected chi connectivity index (χ3v) is 3.69. The van der Waals surface area contributed by atoms with Gasteiger partial charge in [0.25, 0.3) is 0 Å². The summed E-state index contributed by atoms with van der Waals surface area (Å²) in [6.45, 7) is 6.43. The largest absolute Gasteiger partial charge is 0.443 e.